The van der Waals surface area contributed by atoms with Gasteiger partial charge in [-0.3, -0.25) is 16.1 Å². The predicted octanol–water partition coefficient (Wildman–Crippen LogP) is 2.51. The van der Waals surface area contributed by atoms with Gasteiger partial charge < -0.3 is 11.1 Å². The van der Waals surface area contributed by atoms with Gasteiger partial charge in [0.25, 0.3) is 0 Å². The van der Waals surface area contributed by atoms with Crippen molar-refractivity contribution in [2.24, 2.45) is 5.73 Å². The SMILES string of the molecule is CCCCc1cccc(Cl)c1NC(=N)NC(=N)N. The molecule has 0 atom stereocenters. The largest absolute Gasteiger partial charge is 0.370 e. The second-order valence-corrected chi connectivity index (χ2v) is 4.32. The van der Waals surface area contributed by atoms with E-state index in [9.17, 15) is 0 Å². The van der Waals surface area contributed by atoms with E-state index in [1.54, 1.807) is 6.07 Å². The van der Waals surface area contributed by atoms with Crippen LogP contribution in [0.4, 0.5) is 5.69 Å². The molecule has 0 spiro atoms. The highest BCUT2D eigenvalue weighted by atomic mass is 35.5. The quantitative estimate of drug-likeness (QED) is 0.428. The minimum atomic E-state index is -0.283. The van der Waals surface area contributed by atoms with E-state index >= 15 is 0 Å². The first-order chi connectivity index (χ1) is 8.54. The summed E-state index contributed by atoms with van der Waals surface area (Å²) in [6.07, 6.45) is 3.05. The van der Waals surface area contributed by atoms with Crippen LogP contribution in [0.3, 0.4) is 0 Å². The van der Waals surface area contributed by atoms with E-state index in [-0.39, 0.29) is 11.9 Å². The van der Waals surface area contributed by atoms with Crippen molar-refractivity contribution in [1.29, 1.82) is 10.8 Å². The maximum atomic E-state index is 7.63. The number of benzene rings is 1. The highest BCUT2D eigenvalue weighted by molar-refractivity contribution is 6.34. The van der Waals surface area contributed by atoms with E-state index in [0.717, 1.165) is 24.8 Å². The number of aryl methyl sites for hydroxylation is 1. The first-order valence-electron chi connectivity index (χ1n) is 5.78. The lowest BCUT2D eigenvalue weighted by atomic mass is 10.1. The Labute approximate surface area is 112 Å². The van der Waals surface area contributed by atoms with E-state index in [2.05, 4.69) is 17.6 Å². The number of guanidine groups is 2. The molecule has 0 saturated heterocycles. The Hall–Kier alpha value is -1.75. The molecule has 1 aromatic carbocycles. The number of nitrogens with two attached hydrogens (primary N) is 1. The van der Waals surface area contributed by atoms with E-state index in [1.807, 2.05) is 12.1 Å². The predicted molar refractivity (Wildman–Crippen MR) is 76.5 cm³/mol. The molecule has 98 valence electrons. The molecule has 6 N–H and O–H groups in total. The first kappa shape index (κ1) is 14.3. The van der Waals surface area contributed by atoms with Crippen molar-refractivity contribution in [2.45, 2.75) is 26.2 Å². The van der Waals surface area contributed by atoms with Crippen molar-refractivity contribution in [2.75, 3.05) is 5.32 Å². The van der Waals surface area contributed by atoms with Crippen LogP contribution < -0.4 is 16.4 Å². The normalized spacial score (nSPS) is 9.89. The minimum absolute atomic E-state index is 0.0617. The Balaban J connectivity index is 2.85. The molecule has 0 aromatic heterocycles. The summed E-state index contributed by atoms with van der Waals surface area (Å²) in [6.45, 7) is 2.12. The Kier molecular flexibility index (Phi) is 5.45. The molecule has 0 saturated carbocycles. The second kappa shape index (κ2) is 6.86. The van der Waals surface area contributed by atoms with E-state index in [0.29, 0.717) is 10.7 Å². The Morgan fingerprint density at radius 3 is 2.72 bits per heavy atom. The molecule has 0 heterocycles. The van der Waals surface area contributed by atoms with Crippen LogP contribution in [-0.4, -0.2) is 11.9 Å². The fraction of sp³-hybridized carbons (Fsp3) is 0.333. The number of hydrogen-bond acceptors (Lipinski definition) is 2. The lowest BCUT2D eigenvalue weighted by molar-refractivity contribution is 0.796. The summed E-state index contributed by atoms with van der Waals surface area (Å²) in [4.78, 5) is 0. The summed E-state index contributed by atoms with van der Waals surface area (Å²) < 4.78 is 0. The van der Waals surface area contributed by atoms with Crippen molar-refractivity contribution in [1.82, 2.24) is 5.32 Å². The molecule has 0 fully saturated rings. The average Bonchev–Trinajstić information content (AvgIpc) is 2.29. The fourth-order valence-corrected chi connectivity index (χ4v) is 1.82. The van der Waals surface area contributed by atoms with Gasteiger partial charge in [0.2, 0.25) is 0 Å². The van der Waals surface area contributed by atoms with Crippen molar-refractivity contribution < 1.29 is 0 Å². The van der Waals surface area contributed by atoms with Crippen molar-refractivity contribution in [3.8, 4) is 0 Å². The number of rotatable bonds is 4. The topological polar surface area (TPSA) is 97.8 Å². The first-order valence-corrected chi connectivity index (χ1v) is 6.16. The van der Waals surface area contributed by atoms with E-state index < -0.39 is 0 Å². The Morgan fingerprint density at radius 1 is 1.39 bits per heavy atom. The Bertz CT molecular complexity index is 444. The lowest BCUT2D eigenvalue weighted by Gasteiger charge is -2.14. The molecule has 6 heteroatoms. The molecule has 5 nitrogen and oxygen atoms in total. The van der Waals surface area contributed by atoms with Crippen LogP contribution in [0.15, 0.2) is 18.2 Å². The maximum absolute atomic E-state index is 7.63. The summed E-state index contributed by atoms with van der Waals surface area (Å²) in [7, 11) is 0. The summed E-state index contributed by atoms with van der Waals surface area (Å²) in [6, 6.07) is 5.63. The number of para-hydroxylation sites is 1. The zero-order valence-electron chi connectivity index (χ0n) is 10.3. The summed E-state index contributed by atoms with van der Waals surface area (Å²) in [5.41, 5.74) is 6.92. The van der Waals surface area contributed by atoms with Gasteiger partial charge in [0.15, 0.2) is 11.9 Å². The maximum Gasteiger partial charge on any atom is 0.199 e. The highest BCUT2D eigenvalue weighted by Crippen LogP contribution is 2.27. The van der Waals surface area contributed by atoms with Gasteiger partial charge in [-0.25, -0.2) is 0 Å². The Morgan fingerprint density at radius 2 is 2.11 bits per heavy atom. The number of anilines is 1. The van der Waals surface area contributed by atoms with Crippen LogP contribution in [0.2, 0.25) is 5.02 Å². The van der Waals surface area contributed by atoms with Crippen LogP contribution in [-0.2, 0) is 6.42 Å². The van der Waals surface area contributed by atoms with Crippen LogP contribution >= 0.6 is 11.6 Å². The van der Waals surface area contributed by atoms with E-state index in [1.165, 1.54) is 0 Å². The smallest absolute Gasteiger partial charge is 0.199 e. The molecule has 0 unspecified atom stereocenters. The zero-order valence-corrected chi connectivity index (χ0v) is 11.1. The summed E-state index contributed by atoms with van der Waals surface area (Å²) in [5.74, 6) is -0.344. The molecule has 0 bridgehead atoms. The summed E-state index contributed by atoms with van der Waals surface area (Å²) >= 11 is 6.12. The highest BCUT2D eigenvalue weighted by Gasteiger charge is 2.08. The molecule has 1 rings (SSSR count). The molecule has 0 radical (unpaired) electrons. The van der Waals surface area contributed by atoms with Crippen LogP contribution in [0.1, 0.15) is 25.3 Å². The fourth-order valence-electron chi connectivity index (χ4n) is 1.58. The lowest BCUT2D eigenvalue weighted by Crippen LogP contribution is -2.39. The molecule has 1 aromatic rings. The van der Waals surface area contributed by atoms with Crippen LogP contribution in [0.5, 0.6) is 0 Å². The van der Waals surface area contributed by atoms with E-state index in [4.69, 9.17) is 28.2 Å². The number of hydrogen-bond donors (Lipinski definition) is 5. The van der Waals surface area contributed by atoms with Gasteiger partial charge in [0.1, 0.15) is 0 Å². The zero-order chi connectivity index (χ0) is 13.5. The van der Waals surface area contributed by atoms with Gasteiger partial charge in [0, 0.05) is 0 Å². The molecule has 0 amide bonds. The third-order valence-electron chi connectivity index (χ3n) is 2.41. The molecular formula is C12H18ClN5. The van der Waals surface area contributed by atoms with Crippen molar-refractivity contribution in [3.63, 3.8) is 0 Å². The average molecular weight is 268 g/mol. The van der Waals surface area contributed by atoms with Crippen molar-refractivity contribution in [3.05, 3.63) is 28.8 Å². The molecule has 18 heavy (non-hydrogen) atoms. The third-order valence-corrected chi connectivity index (χ3v) is 2.72. The third kappa shape index (κ3) is 4.25. The van der Waals surface area contributed by atoms with Gasteiger partial charge in [-0.05, 0) is 24.5 Å². The molecular weight excluding hydrogens is 250 g/mol. The van der Waals surface area contributed by atoms with Gasteiger partial charge in [-0.15, -0.1) is 0 Å². The standard InChI is InChI=1S/C12H18ClN5/c1-2-3-5-8-6-4-7-9(13)10(8)17-12(16)18-11(14)15/h4,6-7H,2-3,5H2,1H3,(H6,14,15,16,17,18). The van der Waals surface area contributed by atoms with Gasteiger partial charge >= 0.3 is 0 Å². The minimum Gasteiger partial charge on any atom is -0.370 e. The van der Waals surface area contributed by atoms with Crippen molar-refractivity contribution >= 4 is 29.2 Å². The number of halogens is 1. The van der Waals surface area contributed by atoms with Crippen LogP contribution in [0.25, 0.3) is 0 Å². The number of nitrogens with one attached hydrogen (secondary N) is 4. The summed E-state index contributed by atoms with van der Waals surface area (Å²) in [5, 5.41) is 20.5. The monoisotopic (exact) mass is 267 g/mol. The molecule has 0 aliphatic heterocycles. The molecule has 0 aliphatic carbocycles. The van der Waals surface area contributed by atoms with Gasteiger partial charge in [-0.1, -0.05) is 37.1 Å². The second-order valence-electron chi connectivity index (χ2n) is 3.92. The van der Waals surface area contributed by atoms with Crippen LogP contribution in [0, 0.1) is 10.8 Å². The van der Waals surface area contributed by atoms with Gasteiger partial charge in [0.05, 0.1) is 10.7 Å². The van der Waals surface area contributed by atoms with Gasteiger partial charge in [-0.2, -0.15) is 0 Å². The molecule has 0 aliphatic rings. The number of unbranched alkanes of at least 4 members (excludes halogenated alkanes) is 1.